The first kappa shape index (κ1) is 18.5. The van der Waals surface area contributed by atoms with E-state index in [1.165, 1.54) is 14.2 Å². The standard InChI is InChI=1S/C18H22ClN3O4/c1-11-7-13(21-26-11)15-5-4-6-22(15)10-18(23)20-14-9-16(24-2)12(19)8-17(14)25-3/h7-9,15H,4-6,10H2,1-3H3,(H,20,23)/t15-/m0/s1. The Balaban J connectivity index is 1.70. The van der Waals surface area contributed by atoms with E-state index in [-0.39, 0.29) is 18.5 Å². The quantitative estimate of drug-likeness (QED) is 0.828. The van der Waals surface area contributed by atoms with Gasteiger partial charge >= 0.3 is 0 Å². The van der Waals surface area contributed by atoms with Crippen molar-refractivity contribution >= 4 is 23.2 Å². The molecule has 1 aromatic carbocycles. The summed E-state index contributed by atoms with van der Waals surface area (Å²) in [4.78, 5) is 14.7. The number of benzene rings is 1. The predicted molar refractivity (Wildman–Crippen MR) is 98.0 cm³/mol. The molecule has 0 spiro atoms. The Morgan fingerprint density at radius 3 is 2.77 bits per heavy atom. The molecule has 26 heavy (non-hydrogen) atoms. The smallest absolute Gasteiger partial charge is 0.238 e. The molecule has 0 saturated carbocycles. The molecule has 1 aliphatic rings. The number of aromatic nitrogens is 1. The van der Waals surface area contributed by atoms with Crippen LogP contribution in [-0.4, -0.2) is 43.3 Å². The van der Waals surface area contributed by atoms with Crippen molar-refractivity contribution in [2.45, 2.75) is 25.8 Å². The third-order valence-corrected chi connectivity index (χ3v) is 4.74. The number of rotatable bonds is 6. The van der Waals surface area contributed by atoms with Crippen molar-refractivity contribution in [3.63, 3.8) is 0 Å². The van der Waals surface area contributed by atoms with Gasteiger partial charge in [0.15, 0.2) is 0 Å². The third-order valence-electron chi connectivity index (χ3n) is 4.45. The van der Waals surface area contributed by atoms with Crippen LogP contribution in [0.1, 0.15) is 30.3 Å². The minimum atomic E-state index is -0.139. The fraction of sp³-hybridized carbons (Fsp3) is 0.444. The number of amides is 1. The maximum absolute atomic E-state index is 12.6. The number of ether oxygens (including phenoxy) is 2. The van der Waals surface area contributed by atoms with Crippen LogP contribution in [0, 0.1) is 6.92 Å². The van der Waals surface area contributed by atoms with E-state index in [1.54, 1.807) is 12.1 Å². The zero-order chi connectivity index (χ0) is 18.7. The molecule has 1 atom stereocenters. The van der Waals surface area contributed by atoms with Gasteiger partial charge < -0.3 is 19.3 Å². The average Bonchev–Trinajstić information content (AvgIpc) is 3.24. The molecule has 0 bridgehead atoms. The highest BCUT2D eigenvalue weighted by atomic mass is 35.5. The summed E-state index contributed by atoms with van der Waals surface area (Å²) in [6.45, 7) is 2.96. The molecule has 0 unspecified atom stereocenters. The molecule has 1 amide bonds. The summed E-state index contributed by atoms with van der Waals surface area (Å²) in [7, 11) is 3.05. The molecule has 7 nitrogen and oxygen atoms in total. The number of hydrogen-bond acceptors (Lipinski definition) is 6. The fourth-order valence-electron chi connectivity index (χ4n) is 3.23. The van der Waals surface area contributed by atoms with Crippen LogP contribution in [0.5, 0.6) is 11.5 Å². The van der Waals surface area contributed by atoms with Crippen LogP contribution in [-0.2, 0) is 4.79 Å². The lowest BCUT2D eigenvalue weighted by Gasteiger charge is -2.22. The topological polar surface area (TPSA) is 76.8 Å². The number of likely N-dealkylation sites (tertiary alicyclic amines) is 1. The second-order valence-corrected chi connectivity index (χ2v) is 6.63. The van der Waals surface area contributed by atoms with Crippen molar-refractivity contribution in [1.82, 2.24) is 10.1 Å². The Kier molecular flexibility index (Phi) is 5.68. The SMILES string of the molecule is COc1cc(NC(=O)CN2CCC[C@H]2c2cc(C)on2)c(OC)cc1Cl. The van der Waals surface area contributed by atoms with E-state index in [1.807, 2.05) is 13.0 Å². The first-order valence-electron chi connectivity index (χ1n) is 8.40. The van der Waals surface area contributed by atoms with Gasteiger partial charge in [-0.3, -0.25) is 9.69 Å². The second-order valence-electron chi connectivity index (χ2n) is 6.23. The van der Waals surface area contributed by atoms with Gasteiger partial charge in [-0.1, -0.05) is 16.8 Å². The minimum absolute atomic E-state index is 0.0971. The van der Waals surface area contributed by atoms with Crippen molar-refractivity contribution in [1.29, 1.82) is 0 Å². The van der Waals surface area contributed by atoms with Gasteiger partial charge in [0.1, 0.15) is 23.0 Å². The normalized spacial score (nSPS) is 17.3. The summed E-state index contributed by atoms with van der Waals surface area (Å²) in [6, 6.07) is 5.29. The minimum Gasteiger partial charge on any atom is -0.495 e. The maximum atomic E-state index is 12.6. The van der Waals surface area contributed by atoms with Gasteiger partial charge in [-0.25, -0.2) is 0 Å². The number of hydrogen-bond donors (Lipinski definition) is 1. The molecule has 0 radical (unpaired) electrons. The Labute approximate surface area is 157 Å². The molecule has 8 heteroatoms. The molecule has 1 aliphatic heterocycles. The van der Waals surface area contributed by atoms with Crippen molar-refractivity contribution in [2.24, 2.45) is 0 Å². The Morgan fingerprint density at radius 1 is 1.35 bits per heavy atom. The van der Waals surface area contributed by atoms with Gasteiger partial charge in [-0.15, -0.1) is 0 Å². The number of nitrogens with zero attached hydrogens (tertiary/aromatic N) is 2. The van der Waals surface area contributed by atoms with Gasteiger partial charge in [-0.2, -0.15) is 0 Å². The number of carbonyl (C=O) groups excluding carboxylic acids is 1. The zero-order valence-electron chi connectivity index (χ0n) is 15.0. The lowest BCUT2D eigenvalue weighted by molar-refractivity contribution is -0.117. The highest BCUT2D eigenvalue weighted by Crippen LogP contribution is 2.36. The van der Waals surface area contributed by atoms with Crippen LogP contribution >= 0.6 is 11.6 Å². The van der Waals surface area contributed by atoms with Crippen LogP contribution in [0.4, 0.5) is 5.69 Å². The summed E-state index contributed by atoms with van der Waals surface area (Å²) < 4.78 is 15.7. The first-order chi connectivity index (χ1) is 12.5. The van der Waals surface area contributed by atoms with Crippen molar-refractivity contribution in [3.05, 3.63) is 34.7 Å². The third kappa shape index (κ3) is 3.94. The van der Waals surface area contributed by atoms with Crippen LogP contribution < -0.4 is 14.8 Å². The summed E-state index contributed by atoms with van der Waals surface area (Å²) in [5.41, 5.74) is 1.39. The van der Waals surface area contributed by atoms with Crippen LogP contribution in [0.15, 0.2) is 22.7 Å². The molecular weight excluding hydrogens is 358 g/mol. The Bertz CT molecular complexity index is 793. The number of nitrogens with one attached hydrogen (secondary N) is 1. The summed E-state index contributed by atoms with van der Waals surface area (Å²) in [5.74, 6) is 1.59. The van der Waals surface area contributed by atoms with E-state index in [2.05, 4.69) is 15.4 Å². The molecule has 2 aromatic rings. The largest absolute Gasteiger partial charge is 0.495 e. The van der Waals surface area contributed by atoms with Crippen molar-refractivity contribution in [3.8, 4) is 11.5 Å². The number of methoxy groups -OCH3 is 2. The number of halogens is 1. The van der Waals surface area contributed by atoms with Gasteiger partial charge in [0.25, 0.3) is 0 Å². The van der Waals surface area contributed by atoms with Gasteiger partial charge in [-0.05, 0) is 26.3 Å². The monoisotopic (exact) mass is 379 g/mol. The van der Waals surface area contributed by atoms with E-state index >= 15 is 0 Å². The van der Waals surface area contributed by atoms with E-state index in [0.29, 0.717) is 22.2 Å². The van der Waals surface area contributed by atoms with E-state index in [0.717, 1.165) is 30.8 Å². The van der Waals surface area contributed by atoms with Gasteiger partial charge in [0, 0.05) is 18.2 Å². The summed E-state index contributed by atoms with van der Waals surface area (Å²) in [6.07, 6.45) is 1.97. The molecule has 0 aliphatic carbocycles. The molecule has 1 fully saturated rings. The first-order valence-corrected chi connectivity index (χ1v) is 8.78. The van der Waals surface area contributed by atoms with Crippen LogP contribution in [0.3, 0.4) is 0 Å². The molecule has 1 N–H and O–H groups in total. The van der Waals surface area contributed by atoms with Crippen LogP contribution in [0.25, 0.3) is 0 Å². The molecule has 1 saturated heterocycles. The Morgan fingerprint density at radius 2 is 2.12 bits per heavy atom. The second kappa shape index (κ2) is 7.97. The van der Waals surface area contributed by atoms with Gasteiger partial charge in [0.2, 0.25) is 5.91 Å². The van der Waals surface area contributed by atoms with Crippen molar-refractivity contribution in [2.75, 3.05) is 32.6 Å². The molecule has 2 heterocycles. The van der Waals surface area contributed by atoms with E-state index in [4.69, 9.17) is 25.6 Å². The number of carbonyl (C=O) groups is 1. The summed E-state index contributed by atoms with van der Waals surface area (Å²) >= 11 is 6.10. The molecule has 140 valence electrons. The highest BCUT2D eigenvalue weighted by molar-refractivity contribution is 6.32. The Hall–Kier alpha value is -2.25. The predicted octanol–water partition coefficient (Wildman–Crippen LogP) is 3.43. The number of anilines is 1. The molecular formula is C18H22ClN3O4. The van der Waals surface area contributed by atoms with Crippen LogP contribution in [0.2, 0.25) is 5.02 Å². The maximum Gasteiger partial charge on any atom is 0.238 e. The van der Waals surface area contributed by atoms with E-state index < -0.39 is 0 Å². The van der Waals surface area contributed by atoms with Crippen molar-refractivity contribution < 1.29 is 18.8 Å². The lowest BCUT2D eigenvalue weighted by Crippen LogP contribution is -2.33. The molecule has 3 rings (SSSR count). The average molecular weight is 380 g/mol. The van der Waals surface area contributed by atoms with Gasteiger partial charge in [0.05, 0.1) is 37.5 Å². The zero-order valence-corrected chi connectivity index (χ0v) is 15.8. The number of aryl methyl sites for hydroxylation is 1. The fourth-order valence-corrected chi connectivity index (χ4v) is 3.46. The lowest BCUT2D eigenvalue weighted by atomic mass is 10.1. The molecule has 1 aromatic heterocycles. The highest BCUT2D eigenvalue weighted by Gasteiger charge is 2.30. The summed E-state index contributed by atoms with van der Waals surface area (Å²) in [5, 5.41) is 7.40. The van der Waals surface area contributed by atoms with E-state index in [9.17, 15) is 4.79 Å².